The van der Waals surface area contributed by atoms with Gasteiger partial charge in [0.1, 0.15) is 11.3 Å². The topological polar surface area (TPSA) is 73.1 Å². The molecule has 1 aliphatic rings. The molecule has 28 heavy (non-hydrogen) atoms. The van der Waals surface area contributed by atoms with Crippen molar-refractivity contribution in [2.75, 3.05) is 19.7 Å². The molecule has 1 atom stereocenters. The number of carbonyl (C=O) groups is 1. The van der Waals surface area contributed by atoms with Gasteiger partial charge in [0.25, 0.3) is 0 Å². The van der Waals surface area contributed by atoms with Crippen LogP contribution in [0.3, 0.4) is 0 Å². The van der Waals surface area contributed by atoms with E-state index < -0.39 is 0 Å². The molecule has 0 bridgehead atoms. The molecule has 7 heteroatoms. The molecule has 2 aromatic heterocycles. The summed E-state index contributed by atoms with van der Waals surface area (Å²) in [5.41, 5.74) is 3.58. The molecular weight excluding hydrogens is 354 g/mol. The number of aromatic nitrogens is 4. The van der Waals surface area contributed by atoms with Crippen molar-refractivity contribution in [1.29, 1.82) is 0 Å². The third-order valence-corrected chi connectivity index (χ3v) is 5.24. The molecule has 7 nitrogen and oxygen atoms in total. The normalized spacial score (nSPS) is 17.1. The van der Waals surface area contributed by atoms with Gasteiger partial charge in [-0.2, -0.15) is 5.10 Å². The largest absolute Gasteiger partial charge is 0.494 e. The van der Waals surface area contributed by atoms with Crippen LogP contribution in [0.25, 0.3) is 11.2 Å². The molecule has 1 saturated heterocycles. The van der Waals surface area contributed by atoms with E-state index in [0.717, 1.165) is 47.6 Å². The van der Waals surface area contributed by atoms with Gasteiger partial charge in [-0.05, 0) is 37.5 Å². The smallest absolute Gasteiger partial charge is 0.227 e. The molecule has 146 valence electrons. The van der Waals surface area contributed by atoms with Gasteiger partial charge in [0.05, 0.1) is 18.7 Å². The molecule has 1 aliphatic heterocycles. The van der Waals surface area contributed by atoms with E-state index in [2.05, 4.69) is 15.1 Å². The number of nitrogens with zero attached hydrogens (tertiary/aromatic N) is 5. The number of piperidine rings is 1. The first kappa shape index (κ1) is 18.4. The molecule has 1 unspecified atom stereocenters. The number of hydrogen-bond donors (Lipinski definition) is 0. The molecule has 0 aliphatic carbocycles. The number of benzene rings is 1. The molecular formula is C21H25N5O2. The van der Waals surface area contributed by atoms with E-state index in [-0.39, 0.29) is 11.8 Å². The Morgan fingerprint density at radius 3 is 2.79 bits per heavy atom. The molecule has 0 radical (unpaired) electrons. The van der Waals surface area contributed by atoms with Crippen molar-refractivity contribution >= 4 is 17.1 Å². The van der Waals surface area contributed by atoms with Gasteiger partial charge in [-0.1, -0.05) is 12.1 Å². The standard InChI is InChI=1S/C21H25N5O2/c1-3-28-17-8-6-15(7-9-17)13-18(27)26-12-4-5-16(14-26)19-20-21(25(2)24-19)23-11-10-22-20/h6-11,16H,3-5,12-14H2,1-2H3. The Kier molecular flexibility index (Phi) is 5.23. The van der Waals surface area contributed by atoms with Crippen molar-refractivity contribution in [3.63, 3.8) is 0 Å². The molecule has 1 amide bonds. The summed E-state index contributed by atoms with van der Waals surface area (Å²) in [6.45, 7) is 4.07. The number of amides is 1. The second kappa shape index (κ2) is 7.96. The van der Waals surface area contributed by atoms with Crippen molar-refractivity contribution in [2.45, 2.75) is 32.1 Å². The lowest BCUT2D eigenvalue weighted by Gasteiger charge is -2.32. The highest BCUT2D eigenvalue weighted by atomic mass is 16.5. The Hall–Kier alpha value is -2.96. The molecule has 1 fully saturated rings. The molecule has 0 spiro atoms. The summed E-state index contributed by atoms with van der Waals surface area (Å²) in [6, 6.07) is 7.77. The van der Waals surface area contributed by atoms with Gasteiger partial charge in [-0.3, -0.25) is 4.79 Å². The van der Waals surface area contributed by atoms with Crippen molar-refractivity contribution in [2.24, 2.45) is 7.05 Å². The molecule has 3 aromatic rings. The summed E-state index contributed by atoms with van der Waals surface area (Å²) >= 11 is 0. The molecule has 0 N–H and O–H groups in total. The van der Waals surface area contributed by atoms with E-state index in [1.807, 2.05) is 43.1 Å². The Morgan fingerprint density at radius 1 is 1.21 bits per heavy atom. The summed E-state index contributed by atoms with van der Waals surface area (Å²) in [5, 5.41) is 4.66. The zero-order chi connectivity index (χ0) is 19.5. The highest BCUT2D eigenvalue weighted by Gasteiger charge is 2.28. The van der Waals surface area contributed by atoms with Crippen molar-refractivity contribution in [3.05, 3.63) is 47.9 Å². The van der Waals surface area contributed by atoms with Crippen LogP contribution in [-0.2, 0) is 18.3 Å². The van der Waals surface area contributed by atoms with Crippen LogP contribution < -0.4 is 4.74 Å². The van der Waals surface area contributed by atoms with E-state index in [0.29, 0.717) is 19.6 Å². The first-order valence-corrected chi connectivity index (χ1v) is 9.79. The number of hydrogen-bond acceptors (Lipinski definition) is 5. The Balaban J connectivity index is 1.46. The lowest BCUT2D eigenvalue weighted by Crippen LogP contribution is -2.40. The second-order valence-electron chi connectivity index (χ2n) is 7.17. The Bertz CT molecular complexity index is 967. The quantitative estimate of drug-likeness (QED) is 0.681. The van der Waals surface area contributed by atoms with Gasteiger partial charge in [0.15, 0.2) is 5.65 Å². The number of likely N-dealkylation sites (tertiary alicyclic amines) is 1. The predicted molar refractivity (Wildman–Crippen MR) is 106 cm³/mol. The third kappa shape index (κ3) is 3.69. The minimum atomic E-state index is 0.153. The fourth-order valence-corrected chi connectivity index (χ4v) is 3.86. The maximum atomic E-state index is 12.9. The third-order valence-electron chi connectivity index (χ3n) is 5.24. The van der Waals surface area contributed by atoms with Crippen LogP contribution in [0.1, 0.15) is 36.9 Å². The lowest BCUT2D eigenvalue weighted by molar-refractivity contribution is -0.131. The highest BCUT2D eigenvalue weighted by molar-refractivity contribution is 5.79. The summed E-state index contributed by atoms with van der Waals surface area (Å²) < 4.78 is 7.24. The zero-order valence-electron chi connectivity index (χ0n) is 16.3. The van der Waals surface area contributed by atoms with Gasteiger partial charge in [-0.15, -0.1) is 0 Å². The SMILES string of the molecule is CCOc1ccc(CC(=O)N2CCCC(c3nn(C)c4nccnc34)C2)cc1. The lowest BCUT2D eigenvalue weighted by atomic mass is 9.94. The van der Waals surface area contributed by atoms with Gasteiger partial charge in [0.2, 0.25) is 5.91 Å². The number of carbonyl (C=O) groups excluding carboxylic acids is 1. The minimum absolute atomic E-state index is 0.153. The van der Waals surface area contributed by atoms with Crippen LogP contribution in [0, 0.1) is 0 Å². The average Bonchev–Trinajstić information content (AvgIpc) is 3.07. The molecule has 4 rings (SSSR count). The van der Waals surface area contributed by atoms with E-state index in [4.69, 9.17) is 4.74 Å². The van der Waals surface area contributed by atoms with Gasteiger partial charge in [-0.25, -0.2) is 14.6 Å². The van der Waals surface area contributed by atoms with Crippen LogP contribution in [0.5, 0.6) is 5.75 Å². The number of fused-ring (bicyclic) bond motifs is 1. The molecule has 1 aromatic carbocycles. The summed E-state index contributed by atoms with van der Waals surface area (Å²) in [6.07, 6.45) is 5.77. The summed E-state index contributed by atoms with van der Waals surface area (Å²) in [4.78, 5) is 23.7. The van der Waals surface area contributed by atoms with Gasteiger partial charge in [0, 0.05) is 38.4 Å². The monoisotopic (exact) mass is 379 g/mol. The first-order valence-electron chi connectivity index (χ1n) is 9.79. The van der Waals surface area contributed by atoms with Crippen LogP contribution in [0.15, 0.2) is 36.7 Å². The van der Waals surface area contributed by atoms with E-state index in [1.54, 1.807) is 17.1 Å². The van der Waals surface area contributed by atoms with Crippen LogP contribution in [0.4, 0.5) is 0 Å². The van der Waals surface area contributed by atoms with Gasteiger partial charge >= 0.3 is 0 Å². The number of aryl methyl sites for hydroxylation is 1. The summed E-state index contributed by atoms with van der Waals surface area (Å²) in [5.74, 6) is 1.18. The van der Waals surface area contributed by atoms with E-state index in [1.165, 1.54) is 0 Å². The number of ether oxygens (including phenoxy) is 1. The fourth-order valence-electron chi connectivity index (χ4n) is 3.86. The number of rotatable bonds is 5. The summed E-state index contributed by atoms with van der Waals surface area (Å²) in [7, 11) is 1.89. The second-order valence-corrected chi connectivity index (χ2v) is 7.17. The Morgan fingerprint density at radius 2 is 2.00 bits per heavy atom. The molecule has 3 heterocycles. The maximum absolute atomic E-state index is 12.9. The van der Waals surface area contributed by atoms with Crippen molar-refractivity contribution in [3.8, 4) is 5.75 Å². The van der Waals surface area contributed by atoms with Crippen molar-refractivity contribution in [1.82, 2.24) is 24.6 Å². The van der Waals surface area contributed by atoms with Crippen LogP contribution in [-0.4, -0.2) is 50.3 Å². The minimum Gasteiger partial charge on any atom is -0.494 e. The molecule has 0 saturated carbocycles. The van der Waals surface area contributed by atoms with Crippen LogP contribution >= 0.6 is 0 Å². The van der Waals surface area contributed by atoms with E-state index >= 15 is 0 Å². The Labute approximate surface area is 164 Å². The first-order chi connectivity index (χ1) is 13.7. The maximum Gasteiger partial charge on any atom is 0.227 e. The van der Waals surface area contributed by atoms with Crippen molar-refractivity contribution < 1.29 is 9.53 Å². The van der Waals surface area contributed by atoms with Crippen LogP contribution in [0.2, 0.25) is 0 Å². The zero-order valence-corrected chi connectivity index (χ0v) is 16.3. The van der Waals surface area contributed by atoms with E-state index in [9.17, 15) is 4.79 Å². The fraction of sp³-hybridized carbons (Fsp3) is 0.429. The van der Waals surface area contributed by atoms with Gasteiger partial charge < -0.3 is 9.64 Å². The predicted octanol–water partition coefficient (Wildman–Crippen LogP) is 2.71. The average molecular weight is 379 g/mol. The highest BCUT2D eigenvalue weighted by Crippen LogP contribution is 2.30.